The van der Waals surface area contributed by atoms with Crippen LogP contribution in [0.25, 0.3) is 0 Å². The van der Waals surface area contributed by atoms with Gasteiger partial charge >= 0.3 is 0 Å². The van der Waals surface area contributed by atoms with Gasteiger partial charge in [-0.2, -0.15) is 0 Å². The minimum Gasteiger partial charge on any atom is -0.330 e. The van der Waals surface area contributed by atoms with Crippen LogP contribution in [0.4, 0.5) is 0 Å². The molecule has 4 heteroatoms. The summed E-state index contributed by atoms with van der Waals surface area (Å²) in [4.78, 5) is 0. The molecule has 0 fully saturated rings. The van der Waals surface area contributed by atoms with Crippen LogP contribution < -0.4 is 5.73 Å². The molecule has 0 aromatic carbocycles. The summed E-state index contributed by atoms with van der Waals surface area (Å²) in [6, 6.07) is 0. The first kappa shape index (κ1) is 10.2. The molecule has 0 aliphatic heterocycles. The van der Waals surface area contributed by atoms with Gasteiger partial charge in [0.15, 0.2) is 0 Å². The van der Waals surface area contributed by atoms with E-state index in [0.717, 1.165) is 37.5 Å². The van der Waals surface area contributed by atoms with Gasteiger partial charge in [0, 0.05) is 13.5 Å². The lowest BCUT2D eigenvalue weighted by molar-refractivity contribution is 0.649. The third kappa shape index (κ3) is 2.81. The van der Waals surface area contributed by atoms with Crippen molar-refractivity contribution in [1.82, 2.24) is 14.8 Å². The highest BCUT2D eigenvalue weighted by Gasteiger charge is 2.03. The molecule has 1 aromatic heterocycles. The smallest absolute Gasteiger partial charge is 0.132 e. The summed E-state index contributed by atoms with van der Waals surface area (Å²) in [5.41, 5.74) is 5.41. The standard InChI is InChI=1S/C9H18N4/c1-8-11-12-9(13(8)2)6-4-3-5-7-10/h3-7,10H2,1-2H3. The van der Waals surface area contributed by atoms with Crippen LogP contribution in [0.3, 0.4) is 0 Å². The molecule has 1 aromatic rings. The van der Waals surface area contributed by atoms with Crippen LogP contribution in [-0.4, -0.2) is 21.3 Å². The average Bonchev–Trinajstić information content (AvgIpc) is 2.43. The third-order valence-corrected chi connectivity index (χ3v) is 2.29. The van der Waals surface area contributed by atoms with E-state index in [9.17, 15) is 0 Å². The van der Waals surface area contributed by atoms with Gasteiger partial charge in [0.05, 0.1) is 0 Å². The molecule has 0 radical (unpaired) electrons. The molecule has 0 amide bonds. The van der Waals surface area contributed by atoms with E-state index >= 15 is 0 Å². The fraction of sp³-hybridized carbons (Fsp3) is 0.778. The molecular weight excluding hydrogens is 164 g/mol. The number of unbranched alkanes of at least 4 members (excludes halogenated alkanes) is 2. The summed E-state index contributed by atoms with van der Waals surface area (Å²) in [5.74, 6) is 2.06. The van der Waals surface area contributed by atoms with Gasteiger partial charge in [-0.3, -0.25) is 0 Å². The van der Waals surface area contributed by atoms with Gasteiger partial charge in [0.25, 0.3) is 0 Å². The Kier molecular flexibility index (Phi) is 3.89. The number of aromatic nitrogens is 3. The molecule has 0 atom stereocenters. The lowest BCUT2D eigenvalue weighted by Gasteiger charge is -2.00. The van der Waals surface area contributed by atoms with Crippen LogP contribution in [-0.2, 0) is 13.5 Å². The fourth-order valence-electron chi connectivity index (χ4n) is 1.27. The molecule has 2 N–H and O–H groups in total. The number of rotatable bonds is 5. The first-order chi connectivity index (χ1) is 6.25. The predicted octanol–water partition coefficient (Wildman–Crippen LogP) is 0.795. The van der Waals surface area contributed by atoms with Crippen molar-refractivity contribution >= 4 is 0 Å². The van der Waals surface area contributed by atoms with Gasteiger partial charge in [0.1, 0.15) is 11.6 Å². The van der Waals surface area contributed by atoms with Crippen LogP contribution in [0.2, 0.25) is 0 Å². The second-order valence-electron chi connectivity index (χ2n) is 3.32. The van der Waals surface area contributed by atoms with E-state index in [2.05, 4.69) is 10.2 Å². The van der Waals surface area contributed by atoms with Gasteiger partial charge < -0.3 is 10.3 Å². The monoisotopic (exact) mass is 182 g/mol. The van der Waals surface area contributed by atoms with Crippen LogP contribution in [0, 0.1) is 6.92 Å². The van der Waals surface area contributed by atoms with E-state index in [0.29, 0.717) is 0 Å². The Morgan fingerprint density at radius 1 is 1.23 bits per heavy atom. The molecule has 1 rings (SSSR count). The SMILES string of the molecule is Cc1nnc(CCCCCN)n1C. The topological polar surface area (TPSA) is 56.7 Å². The second kappa shape index (κ2) is 4.97. The quantitative estimate of drug-likeness (QED) is 0.685. The number of nitrogens with two attached hydrogens (primary N) is 1. The Morgan fingerprint density at radius 2 is 2.00 bits per heavy atom. The lowest BCUT2D eigenvalue weighted by Crippen LogP contribution is -2.01. The molecular formula is C9H18N4. The van der Waals surface area contributed by atoms with Gasteiger partial charge in [-0.05, 0) is 26.3 Å². The van der Waals surface area contributed by atoms with Gasteiger partial charge in [-0.15, -0.1) is 10.2 Å². The second-order valence-corrected chi connectivity index (χ2v) is 3.32. The maximum absolute atomic E-state index is 5.41. The number of hydrogen-bond donors (Lipinski definition) is 1. The molecule has 0 aliphatic rings. The van der Waals surface area contributed by atoms with Crippen molar-refractivity contribution in [2.24, 2.45) is 12.8 Å². The van der Waals surface area contributed by atoms with Crippen molar-refractivity contribution in [1.29, 1.82) is 0 Å². The van der Waals surface area contributed by atoms with Crippen molar-refractivity contribution in [2.75, 3.05) is 6.54 Å². The van der Waals surface area contributed by atoms with Crippen molar-refractivity contribution in [3.63, 3.8) is 0 Å². The average molecular weight is 182 g/mol. The van der Waals surface area contributed by atoms with E-state index in [4.69, 9.17) is 5.73 Å². The van der Waals surface area contributed by atoms with Crippen molar-refractivity contribution < 1.29 is 0 Å². The molecule has 13 heavy (non-hydrogen) atoms. The molecule has 0 saturated carbocycles. The van der Waals surface area contributed by atoms with E-state index in [1.54, 1.807) is 0 Å². The summed E-state index contributed by atoms with van der Waals surface area (Å²) >= 11 is 0. The normalized spacial score (nSPS) is 10.7. The molecule has 4 nitrogen and oxygen atoms in total. The summed E-state index contributed by atoms with van der Waals surface area (Å²) in [6.45, 7) is 2.76. The minimum absolute atomic E-state index is 0.790. The van der Waals surface area contributed by atoms with Crippen molar-refractivity contribution in [3.8, 4) is 0 Å². The van der Waals surface area contributed by atoms with E-state index < -0.39 is 0 Å². The maximum atomic E-state index is 5.41. The summed E-state index contributed by atoms with van der Waals surface area (Å²) in [5, 5.41) is 8.10. The third-order valence-electron chi connectivity index (χ3n) is 2.29. The predicted molar refractivity (Wildman–Crippen MR) is 52.3 cm³/mol. The van der Waals surface area contributed by atoms with E-state index in [1.807, 2.05) is 18.5 Å². The van der Waals surface area contributed by atoms with Crippen LogP contribution in [0.1, 0.15) is 30.9 Å². The molecule has 0 unspecified atom stereocenters. The Morgan fingerprint density at radius 3 is 2.54 bits per heavy atom. The Hall–Kier alpha value is -0.900. The highest BCUT2D eigenvalue weighted by Crippen LogP contribution is 2.04. The Bertz CT molecular complexity index is 254. The van der Waals surface area contributed by atoms with Crippen LogP contribution in [0.5, 0.6) is 0 Å². The largest absolute Gasteiger partial charge is 0.330 e. The summed E-state index contributed by atoms with van der Waals surface area (Å²) in [7, 11) is 2.01. The molecule has 0 aliphatic carbocycles. The molecule has 1 heterocycles. The van der Waals surface area contributed by atoms with Crippen molar-refractivity contribution in [2.45, 2.75) is 32.6 Å². The summed E-state index contributed by atoms with van der Waals surface area (Å²) < 4.78 is 2.04. The molecule has 0 bridgehead atoms. The van der Waals surface area contributed by atoms with Gasteiger partial charge in [0.2, 0.25) is 0 Å². The zero-order valence-corrected chi connectivity index (χ0v) is 8.45. The van der Waals surface area contributed by atoms with E-state index in [1.165, 1.54) is 6.42 Å². The molecule has 0 spiro atoms. The number of aryl methyl sites for hydroxylation is 2. The minimum atomic E-state index is 0.790. The zero-order chi connectivity index (χ0) is 9.68. The molecule has 0 saturated heterocycles. The molecule has 74 valence electrons. The van der Waals surface area contributed by atoms with Crippen LogP contribution in [0.15, 0.2) is 0 Å². The lowest BCUT2D eigenvalue weighted by atomic mass is 10.2. The van der Waals surface area contributed by atoms with Crippen molar-refractivity contribution in [3.05, 3.63) is 11.6 Å². The first-order valence-electron chi connectivity index (χ1n) is 4.80. The fourth-order valence-corrected chi connectivity index (χ4v) is 1.27. The van der Waals surface area contributed by atoms with E-state index in [-0.39, 0.29) is 0 Å². The Labute approximate surface area is 79.2 Å². The zero-order valence-electron chi connectivity index (χ0n) is 8.45. The van der Waals surface area contributed by atoms with Gasteiger partial charge in [-0.1, -0.05) is 6.42 Å². The number of nitrogens with zero attached hydrogens (tertiary/aromatic N) is 3. The Balaban J connectivity index is 2.32. The van der Waals surface area contributed by atoms with Gasteiger partial charge in [-0.25, -0.2) is 0 Å². The number of hydrogen-bond acceptors (Lipinski definition) is 3. The summed E-state index contributed by atoms with van der Waals surface area (Å²) in [6.07, 6.45) is 4.46. The highest BCUT2D eigenvalue weighted by molar-refractivity contribution is 4.92. The maximum Gasteiger partial charge on any atom is 0.132 e. The first-order valence-corrected chi connectivity index (χ1v) is 4.80. The highest BCUT2D eigenvalue weighted by atomic mass is 15.3. The van der Waals surface area contributed by atoms with Crippen LogP contribution >= 0.6 is 0 Å².